The van der Waals surface area contributed by atoms with Crippen LogP contribution in [0.4, 0.5) is 17.6 Å². The smallest absolute Gasteiger partial charge is 0.494 e. The second kappa shape index (κ2) is 10.5. The second-order valence-electron chi connectivity index (χ2n) is 6.54. The zero-order valence-corrected chi connectivity index (χ0v) is 16.7. The molecule has 1 unspecified atom stereocenters. The molecule has 0 fully saturated rings. The van der Waals surface area contributed by atoms with Gasteiger partial charge in [-0.2, -0.15) is 17.6 Å². The fraction of sp³-hybridized carbons (Fsp3) is 0.500. The van der Waals surface area contributed by atoms with Gasteiger partial charge in [-0.05, 0) is 37.6 Å². The van der Waals surface area contributed by atoms with Crippen LogP contribution in [0.2, 0.25) is 0 Å². The lowest BCUT2D eigenvalue weighted by molar-refractivity contribution is -0.434. The number of aromatic nitrogens is 2. The largest absolute Gasteiger partial charge is 0.505 e. The summed E-state index contributed by atoms with van der Waals surface area (Å²) in [6.45, 7) is 3.27. The maximum absolute atomic E-state index is 14.0. The molecule has 0 aliphatic rings. The minimum Gasteiger partial charge on any atom is -0.505 e. The van der Waals surface area contributed by atoms with Crippen molar-refractivity contribution in [2.45, 2.75) is 58.0 Å². The third-order valence-corrected chi connectivity index (χ3v) is 4.00. The Hall–Kier alpha value is -2.46. The molecule has 0 amide bonds. The number of hydrogen-bond donors (Lipinski definition) is 1. The van der Waals surface area contributed by atoms with Crippen LogP contribution in [0.3, 0.4) is 0 Å². The number of alkyl halides is 4. The summed E-state index contributed by atoms with van der Waals surface area (Å²) in [4.78, 5) is 7.72. The van der Waals surface area contributed by atoms with E-state index in [4.69, 9.17) is 4.74 Å². The Bertz CT molecular complexity index is 773. The topological polar surface area (TPSA) is 73.7 Å². The van der Waals surface area contributed by atoms with Crippen LogP contribution in [0.15, 0.2) is 36.7 Å². The number of aromatic hydroxyl groups is 1. The molecule has 0 aliphatic heterocycles. The fourth-order valence-corrected chi connectivity index (χ4v) is 2.44. The van der Waals surface area contributed by atoms with Gasteiger partial charge in [0.05, 0.1) is 12.4 Å². The Morgan fingerprint density at radius 3 is 2.20 bits per heavy atom. The lowest BCUT2D eigenvalue weighted by Gasteiger charge is -2.28. The predicted octanol–water partition coefficient (Wildman–Crippen LogP) is 5.37. The zero-order valence-electron chi connectivity index (χ0n) is 16.7. The first-order valence-electron chi connectivity index (χ1n) is 9.50. The molecule has 1 aromatic heterocycles. The quantitative estimate of drug-likeness (QED) is 0.276. The molecule has 0 aliphatic carbocycles. The maximum atomic E-state index is 14.0. The number of rotatable bonds is 12. The molecular formula is C20H24F4N2O4. The van der Waals surface area contributed by atoms with E-state index in [0.717, 1.165) is 50.7 Å². The van der Waals surface area contributed by atoms with Gasteiger partial charge in [0.1, 0.15) is 5.75 Å². The third-order valence-electron chi connectivity index (χ3n) is 4.00. The van der Waals surface area contributed by atoms with Gasteiger partial charge >= 0.3 is 12.2 Å². The van der Waals surface area contributed by atoms with Crippen LogP contribution in [0, 0.1) is 0 Å². The number of nitrogens with zero attached hydrogens (tertiary/aromatic N) is 2. The van der Waals surface area contributed by atoms with E-state index in [1.807, 2.05) is 6.92 Å². The van der Waals surface area contributed by atoms with Crippen LogP contribution in [-0.2, 0) is 9.47 Å². The highest BCUT2D eigenvalue weighted by Gasteiger charge is 2.62. The van der Waals surface area contributed by atoms with Gasteiger partial charge in [0, 0.05) is 12.2 Å². The monoisotopic (exact) mass is 432 g/mol. The van der Waals surface area contributed by atoms with Crippen molar-refractivity contribution in [1.82, 2.24) is 9.97 Å². The molecule has 1 heterocycles. The molecule has 1 N–H and O–H groups in total. The van der Waals surface area contributed by atoms with Crippen LogP contribution >= 0.6 is 0 Å². The minimum atomic E-state index is -4.93. The number of halogens is 4. The van der Waals surface area contributed by atoms with Gasteiger partial charge in [-0.3, -0.25) is 4.74 Å². The summed E-state index contributed by atoms with van der Waals surface area (Å²) in [6.07, 6.45) is -5.61. The van der Waals surface area contributed by atoms with Crippen LogP contribution in [0.1, 0.15) is 39.5 Å². The van der Waals surface area contributed by atoms with Crippen LogP contribution in [0.5, 0.6) is 11.5 Å². The zero-order chi connectivity index (χ0) is 22.2. The lowest BCUT2D eigenvalue weighted by atomic mass is 10.2. The summed E-state index contributed by atoms with van der Waals surface area (Å²) in [5.41, 5.74) is 0.416. The van der Waals surface area contributed by atoms with E-state index in [9.17, 15) is 22.7 Å². The summed E-state index contributed by atoms with van der Waals surface area (Å²) in [5, 5.41) is 9.18. The van der Waals surface area contributed by atoms with Gasteiger partial charge in [0.2, 0.25) is 0 Å². The van der Waals surface area contributed by atoms with Crippen molar-refractivity contribution in [3.8, 4) is 22.9 Å². The molecule has 1 aromatic carbocycles. The van der Waals surface area contributed by atoms with E-state index in [-0.39, 0.29) is 18.2 Å². The number of hydrogen-bond acceptors (Lipinski definition) is 6. The first-order valence-corrected chi connectivity index (χ1v) is 9.50. The van der Waals surface area contributed by atoms with E-state index in [1.54, 1.807) is 0 Å². The average molecular weight is 432 g/mol. The summed E-state index contributed by atoms with van der Waals surface area (Å²) in [5.74, 6) is -0.427. The van der Waals surface area contributed by atoms with Crippen LogP contribution in [-0.4, -0.2) is 40.2 Å². The first kappa shape index (κ1) is 23.8. The van der Waals surface area contributed by atoms with Crippen molar-refractivity contribution < 1.29 is 36.9 Å². The number of unbranched alkanes of at least 4 members (excludes halogenated alkanes) is 3. The van der Waals surface area contributed by atoms with E-state index >= 15 is 0 Å². The highest BCUT2D eigenvalue weighted by molar-refractivity contribution is 5.56. The molecular weight excluding hydrogens is 408 g/mol. The third kappa shape index (κ3) is 6.81. The summed E-state index contributed by atoms with van der Waals surface area (Å²) >= 11 is 0. The van der Waals surface area contributed by atoms with Gasteiger partial charge in [-0.1, -0.05) is 26.2 Å². The van der Waals surface area contributed by atoms with E-state index in [0.29, 0.717) is 12.0 Å². The number of ether oxygens (including phenoxy) is 3. The van der Waals surface area contributed by atoms with E-state index in [1.165, 1.54) is 12.1 Å². The lowest BCUT2D eigenvalue weighted by Crippen LogP contribution is -2.49. The Labute approximate surface area is 171 Å². The highest BCUT2D eigenvalue weighted by Crippen LogP contribution is 2.38. The van der Waals surface area contributed by atoms with Crippen molar-refractivity contribution in [3.05, 3.63) is 36.7 Å². The number of benzene rings is 1. The Kier molecular flexibility index (Phi) is 8.36. The molecule has 0 spiro atoms. The van der Waals surface area contributed by atoms with Gasteiger partial charge in [0.25, 0.3) is 0 Å². The molecule has 30 heavy (non-hydrogen) atoms. The molecule has 0 radical (unpaired) electrons. The van der Waals surface area contributed by atoms with Crippen molar-refractivity contribution in [2.75, 3.05) is 6.61 Å². The Balaban J connectivity index is 1.94. The Morgan fingerprint density at radius 2 is 1.60 bits per heavy atom. The SMILES string of the molecule is CCCCCCOC(C)OC(F)(F)C(F)(F)Oc1ccc(-c2ncc(O)cn2)cc1. The van der Waals surface area contributed by atoms with Crippen molar-refractivity contribution >= 4 is 0 Å². The molecule has 0 saturated carbocycles. The summed E-state index contributed by atoms with van der Waals surface area (Å²) in [6, 6.07) is 4.78. The van der Waals surface area contributed by atoms with Gasteiger partial charge in [-0.15, -0.1) is 0 Å². The highest BCUT2D eigenvalue weighted by atomic mass is 19.3. The molecule has 0 saturated heterocycles. The summed E-state index contributed by atoms with van der Waals surface area (Å²) < 4.78 is 69.2. The van der Waals surface area contributed by atoms with Gasteiger partial charge in [-0.25, -0.2) is 9.97 Å². The molecule has 2 rings (SSSR count). The standard InChI is InChI=1S/C20H24F4N2O4/c1-3-4-5-6-11-28-14(2)29-19(21,22)20(23,24)30-17-9-7-15(8-10-17)18-25-12-16(27)13-26-18/h7-10,12-14,27H,3-6,11H2,1-2H3. The summed E-state index contributed by atoms with van der Waals surface area (Å²) in [7, 11) is 0. The molecule has 1 atom stereocenters. The van der Waals surface area contributed by atoms with Crippen molar-refractivity contribution in [2.24, 2.45) is 0 Å². The molecule has 2 aromatic rings. The van der Waals surface area contributed by atoms with E-state index in [2.05, 4.69) is 19.4 Å². The minimum absolute atomic E-state index is 0.129. The molecule has 6 nitrogen and oxygen atoms in total. The fourth-order valence-electron chi connectivity index (χ4n) is 2.44. The molecule has 10 heteroatoms. The van der Waals surface area contributed by atoms with E-state index < -0.39 is 24.3 Å². The van der Waals surface area contributed by atoms with Gasteiger partial charge in [0.15, 0.2) is 17.9 Å². The van der Waals surface area contributed by atoms with Gasteiger partial charge < -0.3 is 14.6 Å². The van der Waals surface area contributed by atoms with Crippen LogP contribution in [0.25, 0.3) is 11.4 Å². The van der Waals surface area contributed by atoms with Crippen molar-refractivity contribution in [1.29, 1.82) is 0 Å². The predicted molar refractivity (Wildman–Crippen MR) is 100 cm³/mol. The normalized spacial score (nSPS) is 13.3. The van der Waals surface area contributed by atoms with Crippen LogP contribution < -0.4 is 4.74 Å². The maximum Gasteiger partial charge on any atom is 0.494 e. The molecule has 166 valence electrons. The Morgan fingerprint density at radius 1 is 0.967 bits per heavy atom. The second-order valence-corrected chi connectivity index (χ2v) is 6.54. The van der Waals surface area contributed by atoms with Crippen molar-refractivity contribution in [3.63, 3.8) is 0 Å². The average Bonchev–Trinajstić information content (AvgIpc) is 2.68. The first-order chi connectivity index (χ1) is 14.1. The molecule has 0 bridgehead atoms.